The van der Waals surface area contributed by atoms with Crippen molar-refractivity contribution in [3.05, 3.63) is 24.3 Å². The normalized spacial score (nSPS) is 23.0. The molecule has 2 saturated heterocycles. The third-order valence-electron chi connectivity index (χ3n) is 5.14. The maximum absolute atomic E-state index is 12.8. The lowest BCUT2D eigenvalue weighted by atomic mass is 10.2. The van der Waals surface area contributed by atoms with E-state index in [-0.39, 0.29) is 17.6 Å². The zero-order chi connectivity index (χ0) is 20.0. The van der Waals surface area contributed by atoms with Crippen LogP contribution >= 0.6 is 0 Å². The molecule has 0 aliphatic carbocycles. The zero-order valence-electron chi connectivity index (χ0n) is 16.3. The lowest BCUT2D eigenvalue weighted by Crippen LogP contribution is -2.50. The number of benzene rings is 1. The lowest BCUT2D eigenvalue weighted by molar-refractivity contribution is -0.0270. The largest absolute Gasteiger partial charge is 0.497 e. The first kappa shape index (κ1) is 21.5. The van der Waals surface area contributed by atoms with Crippen molar-refractivity contribution in [3.8, 4) is 5.75 Å². The molecule has 2 heterocycles. The van der Waals surface area contributed by atoms with Crippen LogP contribution in [0.5, 0.6) is 5.75 Å². The molecule has 0 bridgehead atoms. The highest BCUT2D eigenvalue weighted by molar-refractivity contribution is 7.89. The number of piperazine rings is 1. The van der Waals surface area contributed by atoms with Crippen LogP contribution in [-0.4, -0.2) is 94.6 Å². The summed E-state index contributed by atoms with van der Waals surface area (Å²) in [7, 11) is -1.97. The average molecular weight is 415 g/mol. The van der Waals surface area contributed by atoms with Gasteiger partial charge >= 0.3 is 0 Å². The van der Waals surface area contributed by atoms with Crippen LogP contribution in [0, 0.1) is 0 Å². The molecular formula is C19H30N2O6S. The van der Waals surface area contributed by atoms with E-state index in [4.69, 9.17) is 14.2 Å². The Labute approximate surface area is 167 Å². The molecule has 2 fully saturated rings. The standard InChI is InChI=1S/C19H30N2O6S/c1-25-17-4-6-19(7-5-17)28(23,24)21-10-8-20(9-11-21)13-16(22)14-26-15-18-3-2-12-27-18/h4-7,16,18,22H,2-3,8-15H2,1H3. The molecule has 2 aliphatic heterocycles. The molecule has 0 aromatic heterocycles. The fourth-order valence-corrected chi connectivity index (χ4v) is 4.93. The molecule has 1 N–H and O–H groups in total. The first-order valence-corrected chi connectivity index (χ1v) is 11.2. The summed E-state index contributed by atoms with van der Waals surface area (Å²) in [6, 6.07) is 6.43. The Bertz CT molecular complexity index is 698. The van der Waals surface area contributed by atoms with Crippen LogP contribution in [0.3, 0.4) is 0 Å². The van der Waals surface area contributed by atoms with Gasteiger partial charge in [0.2, 0.25) is 10.0 Å². The molecule has 8 nitrogen and oxygen atoms in total. The summed E-state index contributed by atoms with van der Waals surface area (Å²) in [5.41, 5.74) is 0. The van der Waals surface area contributed by atoms with Crippen LogP contribution in [0.4, 0.5) is 0 Å². The number of aliphatic hydroxyl groups is 1. The Morgan fingerprint density at radius 2 is 1.93 bits per heavy atom. The number of ether oxygens (including phenoxy) is 3. The second kappa shape index (κ2) is 10.00. The molecule has 0 spiro atoms. The topological polar surface area (TPSA) is 88.5 Å². The molecule has 0 saturated carbocycles. The number of hydrogen-bond donors (Lipinski definition) is 1. The second-order valence-electron chi connectivity index (χ2n) is 7.21. The average Bonchev–Trinajstić information content (AvgIpc) is 3.22. The van der Waals surface area contributed by atoms with E-state index < -0.39 is 16.1 Å². The lowest BCUT2D eigenvalue weighted by Gasteiger charge is -2.34. The Kier molecular flexibility index (Phi) is 7.67. The summed E-state index contributed by atoms with van der Waals surface area (Å²) in [5.74, 6) is 0.625. The van der Waals surface area contributed by atoms with Gasteiger partial charge in [-0.15, -0.1) is 0 Å². The zero-order valence-corrected chi connectivity index (χ0v) is 17.1. The number of hydrogen-bond acceptors (Lipinski definition) is 7. The van der Waals surface area contributed by atoms with E-state index in [0.29, 0.717) is 45.1 Å². The molecule has 0 amide bonds. The molecule has 9 heteroatoms. The van der Waals surface area contributed by atoms with Gasteiger partial charge in [-0.25, -0.2) is 8.42 Å². The van der Waals surface area contributed by atoms with Crippen molar-refractivity contribution in [2.45, 2.75) is 29.9 Å². The van der Waals surface area contributed by atoms with Crippen molar-refractivity contribution in [1.29, 1.82) is 0 Å². The third kappa shape index (κ3) is 5.65. The van der Waals surface area contributed by atoms with Gasteiger partial charge in [0.25, 0.3) is 0 Å². The van der Waals surface area contributed by atoms with Gasteiger partial charge in [-0.3, -0.25) is 4.90 Å². The van der Waals surface area contributed by atoms with Crippen LogP contribution in [-0.2, 0) is 19.5 Å². The second-order valence-corrected chi connectivity index (χ2v) is 9.14. The van der Waals surface area contributed by atoms with Crippen LogP contribution in [0.25, 0.3) is 0 Å². The van der Waals surface area contributed by atoms with E-state index in [0.717, 1.165) is 19.4 Å². The monoisotopic (exact) mass is 414 g/mol. The van der Waals surface area contributed by atoms with E-state index >= 15 is 0 Å². The molecule has 2 aliphatic rings. The Morgan fingerprint density at radius 1 is 1.21 bits per heavy atom. The highest BCUT2D eigenvalue weighted by Gasteiger charge is 2.29. The Balaban J connectivity index is 1.41. The number of sulfonamides is 1. The SMILES string of the molecule is COc1ccc(S(=O)(=O)N2CCN(CC(O)COCC3CCCO3)CC2)cc1. The number of aliphatic hydroxyl groups excluding tert-OH is 1. The minimum Gasteiger partial charge on any atom is -0.497 e. The van der Waals surface area contributed by atoms with Gasteiger partial charge in [-0.05, 0) is 37.1 Å². The summed E-state index contributed by atoms with van der Waals surface area (Å²) in [5, 5.41) is 10.2. The predicted molar refractivity (Wildman–Crippen MR) is 104 cm³/mol. The van der Waals surface area contributed by atoms with Gasteiger partial charge in [0.05, 0.1) is 37.4 Å². The van der Waals surface area contributed by atoms with E-state index in [1.807, 2.05) is 0 Å². The van der Waals surface area contributed by atoms with Crippen molar-refractivity contribution in [3.63, 3.8) is 0 Å². The van der Waals surface area contributed by atoms with Crippen LogP contribution in [0.2, 0.25) is 0 Å². The van der Waals surface area contributed by atoms with E-state index in [1.54, 1.807) is 31.4 Å². The molecule has 2 atom stereocenters. The molecular weight excluding hydrogens is 384 g/mol. The molecule has 158 valence electrons. The van der Waals surface area contributed by atoms with Gasteiger partial charge in [-0.1, -0.05) is 0 Å². The fraction of sp³-hybridized carbons (Fsp3) is 0.684. The summed E-state index contributed by atoms with van der Waals surface area (Å²) in [6.07, 6.45) is 1.64. The fourth-order valence-electron chi connectivity index (χ4n) is 3.51. The van der Waals surface area contributed by atoms with Gasteiger partial charge < -0.3 is 19.3 Å². The number of methoxy groups -OCH3 is 1. The quantitative estimate of drug-likeness (QED) is 0.632. The van der Waals surface area contributed by atoms with Crippen LogP contribution < -0.4 is 4.74 Å². The molecule has 1 aromatic carbocycles. The van der Waals surface area contributed by atoms with Gasteiger partial charge in [0.15, 0.2) is 0 Å². The van der Waals surface area contributed by atoms with Gasteiger partial charge in [-0.2, -0.15) is 4.31 Å². The van der Waals surface area contributed by atoms with E-state index in [9.17, 15) is 13.5 Å². The number of rotatable bonds is 9. The molecule has 0 radical (unpaired) electrons. The van der Waals surface area contributed by atoms with E-state index in [2.05, 4.69) is 4.90 Å². The summed E-state index contributed by atoms with van der Waals surface area (Å²) >= 11 is 0. The van der Waals surface area contributed by atoms with Crippen molar-refractivity contribution < 1.29 is 27.7 Å². The Hall–Kier alpha value is -1.23. The highest BCUT2D eigenvalue weighted by Crippen LogP contribution is 2.20. The van der Waals surface area contributed by atoms with E-state index in [1.165, 1.54) is 4.31 Å². The first-order valence-electron chi connectivity index (χ1n) is 9.73. The van der Waals surface area contributed by atoms with Crippen LogP contribution in [0.15, 0.2) is 29.2 Å². The maximum Gasteiger partial charge on any atom is 0.243 e. The van der Waals surface area contributed by atoms with Gasteiger partial charge in [0.1, 0.15) is 5.75 Å². The minimum atomic E-state index is -3.51. The minimum absolute atomic E-state index is 0.152. The van der Waals surface area contributed by atoms with Crippen LogP contribution in [0.1, 0.15) is 12.8 Å². The van der Waals surface area contributed by atoms with Gasteiger partial charge in [0, 0.05) is 39.3 Å². The molecule has 28 heavy (non-hydrogen) atoms. The van der Waals surface area contributed by atoms with Crippen molar-refractivity contribution in [2.24, 2.45) is 0 Å². The maximum atomic E-state index is 12.8. The first-order chi connectivity index (χ1) is 13.5. The number of nitrogens with zero attached hydrogens (tertiary/aromatic N) is 2. The smallest absolute Gasteiger partial charge is 0.243 e. The third-order valence-corrected chi connectivity index (χ3v) is 7.05. The molecule has 1 aromatic rings. The molecule has 3 rings (SSSR count). The number of β-amino-alcohol motifs (C(OH)–C–C–N with tert-alkyl or cyclic N) is 1. The van der Waals surface area contributed by atoms with Crippen molar-refractivity contribution >= 4 is 10.0 Å². The highest BCUT2D eigenvalue weighted by atomic mass is 32.2. The predicted octanol–water partition coefficient (Wildman–Crippen LogP) is 0.558. The Morgan fingerprint density at radius 3 is 2.54 bits per heavy atom. The summed E-state index contributed by atoms with van der Waals surface area (Å²) in [4.78, 5) is 2.34. The van der Waals surface area contributed by atoms with Crippen molar-refractivity contribution in [2.75, 3.05) is 59.7 Å². The summed E-state index contributed by atoms with van der Waals surface area (Å²) in [6.45, 7) is 4.02. The van der Waals surface area contributed by atoms with Crippen molar-refractivity contribution in [1.82, 2.24) is 9.21 Å². The summed E-state index contributed by atoms with van der Waals surface area (Å²) < 4.78 is 43.2. The molecule has 2 unspecified atom stereocenters.